The minimum absolute atomic E-state index is 0.0723. The molecule has 0 spiro atoms. The summed E-state index contributed by atoms with van der Waals surface area (Å²) in [4.78, 5) is 15.0. The first-order valence-corrected chi connectivity index (χ1v) is 10.2. The van der Waals surface area contributed by atoms with Gasteiger partial charge in [0.1, 0.15) is 11.5 Å². The first kappa shape index (κ1) is 20.5. The number of carbonyl (C=O) groups excluding carboxylic acids is 1. The lowest BCUT2D eigenvalue weighted by atomic mass is 10.0. The summed E-state index contributed by atoms with van der Waals surface area (Å²) in [6.45, 7) is 6.15. The van der Waals surface area contributed by atoms with E-state index in [0.29, 0.717) is 16.5 Å². The Hall–Kier alpha value is -3.21. The number of fused-ring (bicyclic) bond motifs is 1. The summed E-state index contributed by atoms with van der Waals surface area (Å²) < 4.78 is 0. The van der Waals surface area contributed by atoms with Crippen LogP contribution in [0, 0.1) is 0 Å². The van der Waals surface area contributed by atoms with E-state index in [-0.39, 0.29) is 23.0 Å². The van der Waals surface area contributed by atoms with Crippen molar-refractivity contribution in [1.29, 1.82) is 0 Å². The lowest BCUT2D eigenvalue weighted by Crippen LogP contribution is -2.29. The molecule has 0 saturated carbocycles. The van der Waals surface area contributed by atoms with Crippen LogP contribution < -0.4 is 10.2 Å². The Labute approximate surface area is 171 Å². The number of nitrogens with zero attached hydrogens (tertiary/aromatic N) is 1. The molecule has 1 heterocycles. The van der Waals surface area contributed by atoms with Gasteiger partial charge in [-0.15, -0.1) is 0 Å². The largest absolute Gasteiger partial charge is 0.507 e. The molecule has 1 fully saturated rings. The Morgan fingerprint density at radius 3 is 2.28 bits per heavy atom. The third-order valence-electron chi connectivity index (χ3n) is 5.06. The van der Waals surface area contributed by atoms with Gasteiger partial charge < -0.3 is 20.4 Å². The number of amides is 1. The third kappa shape index (κ3) is 4.62. The van der Waals surface area contributed by atoms with Crippen LogP contribution in [0.1, 0.15) is 43.5 Å². The minimum Gasteiger partial charge on any atom is -0.507 e. The number of piperidine rings is 1. The first-order chi connectivity index (χ1) is 14.1. The zero-order chi connectivity index (χ0) is 20.8. The topological polar surface area (TPSA) is 72.8 Å². The number of carbonyl (C=O) groups is 1. The molecule has 0 atom stereocenters. The van der Waals surface area contributed by atoms with Gasteiger partial charge in [-0.05, 0) is 67.1 Å². The van der Waals surface area contributed by atoms with E-state index in [4.69, 9.17) is 0 Å². The highest BCUT2D eigenvalue weighted by Gasteiger charge is 2.15. The Balaban J connectivity index is 0.00000117. The number of phenols is 2. The number of rotatable bonds is 3. The second-order valence-corrected chi connectivity index (χ2v) is 6.92. The predicted octanol–water partition coefficient (Wildman–Crippen LogP) is 5.52. The van der Waals surface area contributed by atoms with Gasteiger partial charge in [-0.2, -0.15) is 0 Å². The number of nitrogens with one attached hydrogen (secondary N) is 1. The van der Waals surface area contributed by atoms with E-state index in [2.05, 4.69) is 10.2 Å². The molecule has 1 aliphatic heterocycles. The van der Waals surface area contributed by atoms with Gasteiger partial charge in [-0.1, -0.05) is 26.0 Å². The molecule has 0 aliphatic carbocycles. The van der Waals surface area contributed by atoms with E-state index in [0.717, 1.165) is 18.8 Å². The standard InChI is InChI=1S/C22H22N2O3.C2H6/c25-20-6-4-5-15-13-19(21(26)14-18(15)20)22(27)23-16-7-9-17(10-8-16)24-11-2-1-3-12-24;1-2/h4-10,13-14,25-26H,1-3,11-12H2,(H,23,27);1-2H3. The molecular weight excluding hydrogens is 364 g/mol. The fourth-order valence-electron chi connectivity index (χ4n) is 3.59. The molecule has 3 N–H and O–H groups in total. The summed E-state index contributed by atoms with van der Waals surface area (Å²) >= 11 is 0. The van der Waals surface area contributed by atoms with Crippen LogP contribution >= 0.6 is 0 Å². The molecule has 3 aromatic carbocycles. The van der Waals surface area contributed by atoms with Crippen LogP contribution in [0.25, 0.3) is 10.8 Å². The van der Waals surface area contributed by atoms with Crippen LogP contribution in [0.4, 0.5) is 11.4 Å². The molecule has 4 rings (SSSR count). The Morgan fingerprint density at radius 2 is 1.59 bits per heavy atom. The van der Waals surface area contributed by atoms with Crippen LogP contribution in [-0.2, 0) is 0 Å². The molecule has 5 nitrogen and oxygen atoms in total. The molecule has 29 heavy (non-hydrogen) atoms. The van der Waals surface area contributed by atoms with Gasteiger partial charge in [-0.3, -0.25) is 4.79 Å². The van der Waals surface area contributed by atoms with Gasteiger partial charge in [0.15, 0.2) is 0 Å². The fourth-order valence-corrected chi connectivity index (χ4v) is 3.59. The number of aromatic hydroxyl groups is 2. The van der Waals surface area contributed by atoms with Crippen LogP contribution in [0.3, 0.4) is 0 Å². The molecule has 1 saturated heterocycles. The second kappa shape index (κ2) is 9.32. The minimum atomic E-state index is -0.386. The SMILES string of the molecule is CC.O=C(Nc1ccc(N2CCCCC2)cc1)c1cc2cccc(O)c2cc1O. The van der Waals surface area contributed by atoms with E-state index in [1.807, 2.05) is 38.1 Å². The summed E-state index contributed by atoms with van der Waals surface area (Å²) in [7, 11) is 0. The van der Waals surface area contributed by atoms with E-state index >= 15 is 0 Å². The van der Waals surface area contributed by atoms with Crippen molar-refractivity contribution in [1.82, 2.24) is 0 Å². The molecule has 0 unspecified atom stereocenters. The maximum atomic E-state index is 12.6. The molecule has 152 valence electrons. The van der Waals surface area contributed by atoms with E-state index < -0.39 is 0 Å². The van der Waals surface area contributed by atoms with E-state index in [1.165, 1.54) is 25.3 Å². The highest BCUT2D eigenvalue weighted by Crippen LogP contribution is 2.31. The molecule has 0 aromatic heterocycles. The molecule has 5 heteroatoms. The van der Waals surface area contributed by atoms with Crippen molar-refractivity contribution < 1.29 is 15.0 Å². The maximum Gasteiger partial charge on any atom is 0.259 e. The lowest BCUT2D eigenvalue weighted by Gasteiger charge is -2.28. The van der Waals surface area contributed by atoms with E-state index in [9.17, 15) is 15.0 Å². The van der Waals surface area contributed by atoms with Crippen LogP contribution in [-0.4, -0.2) is 29.2 Å². The number of anilines is 2. The van der Waals surface area contributed by atoms with Crippen molar-refractivity contribution in [3.63, 3.8) is 0 Å². The quantitative estimate of drug-likeness (QED) is 0.549. The summed E-state index contributed by atoms with van der Waals surface area (Å²) in [6, 6.07) is 15.8. The van der Waals surface area contributed by atoms with E-state index in [1.54, 1.807) is 24.3 Å². The fraction of sp³-hybridized carbons (Fsp3) is 0.292. The third-order valence-corrected chi connectivity index (χ3v) is 5.06. The predicted molar refractivity (Wildman–Crippen MR) is 119 cm³/mol. The monoisotopic (exact) mass is 392 g/mol. The van der Waals surface area contributed by atoms with Crippen LogP contribution in [0.15, 0.2) is 54.6 Å². The highest BCUT2D eigenvalue weighted by molar-refractivity contribution is 6.09. The second-order valence-electron chi connectivity index (χ2n) is 6.92. The van der Waals surface area contributed by atoms with Gasteiger partial charge in [0.2, 0.25) is 0 Å². The summed E-state index contributed by atoms with van der Waals surface area (Å²) in [5, 5.41) is 24.1. The zero-order valence-electron chi connectivity index (χ0n) is 17.0. The summed E-state index contributed by atoms with van der Waals surface area (Å²) in [6.07, 6.45) is 3.72. The van der Waals surface area contributed by atoms with Crippen LogP contribution in [0.5, 0.6) is 11.5 Å². The zero-order valence-corrected chi connectivity index (χ0v) is 17.0. The van der Waals surface area contributed by atoms with Crippen molar-refractivity contribution in [2.75, 3.05) is 23.3 Å². The average molecular weight is 392 g/mol. The van der Waals surface area contributed by atoms with Gasteiger partial charge in [0.05, 0.1) is 5.56 Å². The van der Waals surface area contributed by atoms with Crippen LogP contribution in [0.2, 0.25) is 0 Å². The molecular formula is C24H28N2O3. The highest BCUT2D eigenvalue weighted by atomic mass is 16.3. The van der Waals surface area contributed by atoms with Gasteiger partial charge in [0, 0.05) is 29.9 Å². The number of hydrogen-bond donors (Lipinski definition) is 3. The van der Waals surface area contributed by atoms with Gasteiger partial charge in [-0.25, -0.2) is 0 Å². The number of hydrogen-bond acceptors (Lipinski definition) is 4. The number of phenolic OH excluding ortho intramolecular Hbond substituents is 2. The lowest BCUT2D eigenvalue weighted by molar-refractivity contribution is 0.102. The van der Waals surface area contributed by atoms with Gasteiger partial charge >= 0.3 is 0 Å². The maximum absolute atomic E-state index is 12.6. The normalized spacial score (nSPS) is 13.5. The smallest absolute Gasteiger partial charge is 0.259 e. The van der Waals surface area contributed by atoms with Crippen molar-refractivity contribution >= 4 is 28.1 Å². The van der Waals surface area contributed by atoms with Crippen molar-refractivity contribution in [3.05, 3.63) is 60.2 Å². The van der Waals surface area contributed by atoms with Gasteiger partial charge in [0.25, 0.3) is 5.91 Å². The molecule has 1 amide bonds. The molecule has 0 radical (unpaired) electrons. The summed E-state index contributed by atoms with van der Waals surface area (Å²) in [5.74, 6) is -0.474. The van der Waals surface area contributed by atoms with Crippen molar-refractivity contribution in [3.8, 4) is 11.5 Å². The summed E-state index contributed by atoms with van der Waals surface area (Å²) in [5.41, 5.74) is 2.01. The molecule has 1 aliphatic rings. The molecule has 3 aromatic rings. The first-order valence-electron chi connectivity index (χ1n) is 10.2. The average Bonchev–Trinajstić information content (AvgIpc) is 2.76. The molecule has 0 bridgehead atoms. The van der Waals surface area contributed by atoms with Crippen molar-refractivity contribution in [2.24, 2.45) is 0 Å². The number of benzene rings is 3. The Bertz CT molecular complexity index is 977. The Kier molecular flexibility index (Phi) is 6.60. The van der Waals surface area contributed by atoms with Crippen molar-refractivity contribution in [2.45, 2.75) is 33.1 Å². The Morgan fingerprint density at radius 1 is 0.897 bits per heavy atom.